The first-order chi connectivity index (χ1) is 6.38. The van der Waals surface area contributed by atoms with Crippen molar-refractivity contribution in [1.29, 1.82) is 0 Å². The molecule has 2 rings (SSSR count). The first-order valence-electron chi connectivity index (χ1n) is 4.31. The van der Waals surface area contributed by atoms with Gasteiger partial charge in [-0.25, -0.2) is 10.8 Å². The lowest BCUT2D eigenvalue weighted by molar-refractivity contribution is 0.288. The summed E-state index contributed by atoms with van der Waals surface area (Å²) in [6, 6.07) is 1.73. The van der Waals surface area contributed by atoms with Crippen molar-refractivity contribution in [3.63, 3.8) is 0 Å². The van der Waals surface area contributed by atoms with Crippen molar-refractivity contribution >= 4 is 5.95 Å². The molecule has 5 nitrogen and oxygen atoms in total. The molecule has 1 aliphatic rings. The molecular formula is C8H12N4O. The van der Waals surface area contributed by atoms with Gasteiger partial charge in [-0.05, 0) is 18.8 Å². The Morgan fingerprint density at radius 1 is 1.62 bits per heavy atom. The minimum Gasteiger partial charge on any atom is -0.477 e. The van der Waals surface area contributed by atoms with Crippen molar-refractivity contribution in [2.75, 3.05) is 12.0 Å². The molecule has 0 unspecified atom stereocenters. The summed E-state index contributed by atoms with van der Waals surface area (Å²) in [4.78, 5) is 7.89. The van der Waals surface area contributed by atoms with Gasteiger partial charge in [0.1, 0.15) is 0 Å². The van der Waals surface area contributed by atoms with Crippen LogP contribution in [0.2, 0.25) is 0 Å². The van der Waals surface area contributed by atoms with Crippen LogP contribution in [0.25, 0.3) is 0 Å². The SMILES string of the molecule is NNc1nccc(OCC2CC2)n1. The molecule has 13 heavy (non-hydrogen) atoms. The number of hydrogen-bond donors (Lipinski definition) is 2. The van der Waals surface area contributed by atoms with E-state index in [-0.39, 0.29) is 0 Å². The maximum absolute atomic E-state index is 5.43. The number of aromatic nitrogens is 2. The van der Waals surface area contributed by atoms with E-state index in [1.807, 2.05) is 0 Å². The maximum atomic E-state index is 5.43. The Balaban J connectivity index is 1.93. The quantitative estimate of drug-likeness (QED) is 0.523. The van der Waals surface area contributed by atoms with Gasteiger partial charge in [-0.2, -0.15) is 4.98 Å². The fourth-order valence-corrected chi connectivity index (χ4v) is 0.980. The minimum absolute atomic E-state index is 0.383. The summed E-state index contributed by atoms with van der Waals surface area (Å²) in [5.74, 6) is 6.84. The largest absolute Gasteiger partial charge is 0.477 e. The van der Waals surface area contributed by atoms with Crippen LogP contribution in [-0.2, 0) is 0 Å². The minimum atomic E-state index is 0.383. The van der Waals surface area contributed by atoms with Crippen molar-refractivity contribution in [2.45, 2.75) is 12.8 Å². The number of nitrogens with two attached hydrogens (primary N) is 1. The van der Waals surface area contributed by atoms with Crippen LogP contribution in [0.1, 0.15) is 12.8 Å². The first kappa shape index (κ1) is 8.25. The number of anilines is 1. The molecule has 0 radical (unpaired) electrons. The smallest absolute Gasteiger partial charge is 0.240 e. The van der Waals surface area contributed by atoms with Crippen LogP contribution < -0.4 is 16.0 Å². The monoisotopic (exact) mass is 180 g/mol. The van der Waals surface area contributed by atoms with Crippen LogP contribution in [0.5, 0.6) is 5.88 Å². The third-order valence-corrected chi connectivity index (χ3v) is 1.92. The normalized spacial score (nSPS) is 15.5. The highest BCUT2D eigenvalue weighted by molar-refractivity contribution is 5.25. The van der Waals surface area contributed by atoms with Gasteiger partial charge in [-0.1, -0.05) is 0 Å². The summed E-state index contributed by atoms with van der Waals surface area (Å²) in [5.41, 5.74) is 2.37. The summed E-state index contributed by atoms with van der Waals surface area (Å²) >= 11 is 0. The van der Waals surface area contributed by atoms with Crippen molar-refractivity contribution in [2.24, 2.45) is 11.8 Å². The van der Waals surface area contributed by atoms with Gasteiger partial charge in [0.25, 0.3) is 0 Å². The summed E-state index contributed by atoms with van der Waals surface area (Å²) in [6.45, 7) is 0.751. The second-order valence-electron chi connectivity index (χ2n) is 3.12. The number of hydrogen-bond acceptors (Lipinski definition) is 5. The predicted molar refractivity (Wildman–Crippen MR) is 48.1 cm³/mol. The number of nitrogens with zero attached hydrogens (tertiary/aromatic N) is 2. The van der Waals surface area contributed by atoms with E-state index in [0.717, 1.165) is 12.5 Å². The highest BCUT2D eigenvalue weighted by atomic mass is 16.5. The molecule has 1 heterocycles. The Morgan fingerprint density at radius 2 is 2.46 bits per heavy atom. The Morgan fingerprint density at radius 3 is 3.15 bits per heavy atom. The number of nitrogens with one attached hydrogen (secondary N) is 1. The van der Waals surface area contributed by atoms with Crippen molar-refractivity contribution in [3.8, 4) is 5.88 Å². The summed E-state index contributed by atoms with van der Waals surface area (Å²) in [7, 11) is 0. The fraction of sp³-hybridized carbons (Fsp3) is 0.500. The zero-order chi connectivity index (χ0) is 9.10. The van der Waals surface area contributed by atoms with Crippen molar-refractivity contribution < 1.29 is 4.74 Å². The van der Waals surface area contributed by atoms with E-state index in [2.05, 4.69) is 15.4 Å². The van der Waals surface area contributed by atoms with E-state index in [1.165, 1.54) is 12.8 Å². The van der Waals surface area contributed by atoms with Gasteiger partial charge in [-0.15, -0.1) is 0 Å². The van der Waals surface area contributed by atoms with E-state index in [9.17, 15) is 0 Å². The third kappa shape index (κ3) is 2.29. The van der Waals surface area contributed by atoms with Crippen LogP contribution in [0.3, 0.4) is 0 Å². The summed E-state index contributed by atoms with van der Waals surface area (Å²) in [6.07, 6.45) is 4.16. The van der Waals surface area contributed by atoms with Crippen LogP contribution in [0.15, 0.2) is 12.3 Å². The zero-order valence-electron chi connectivity index (χ0n) is 7.23. The van der Waals surface area contributed by atoms with Crippen LogP contribution in [0, 0.1) is 5.92 Å². The average Bonchev–Trinajstić information content (AvgIpc) is 2.99. The molecule has 1 aliphatic carbocycles. The van der Waals surface area contributed by atoms with Crippen molar-refractivity contribution in [1.82, 2.24) is 9.97 Å². The molecule has 0 aliphatic heterocycles. The van der Waals surface area contributed by atoms with Gasteiger partial charge >= 0.3 is 0 Å². The predicted octanol–water partition coefficient (Wildman–Crippen LogP) is 0.551. The second kappa shape index (κ2) is 3.57. The number of nitrogen functional groups attached to an aromatic ring is 1. The molecule has 0 atom stereocenters. The maximum Gasteiger partial charge on any atom is 0.240 e. The average molecular weight is 180 g/mol. The zero-order valence-corrected chi connectivity index (χ0v) is 7.23. The molecule has 1 aromatic heterocycles. The molecule has 5 heteroatoms. The molecule has 3 N–H and O–H groups in total. The molecule has 0 saturated heterocycles. The molecule has 1 saturated carbocycles. The molecule has 70 valence electrons. The van der Waals surface area contributed by atoms with E-state index >= 15 is 0 Å². The van der Waals surface area contributed by atoms with Crippen LogP contribution in [-0.4, -0.2) is 16.6 Å². The standard InChI is InChI=1S/C8H12N4O/c9-12-8-10-4-3-7(11-8)13-5-6-1-2-6/h3-4,6H,1-2,5,9H2,(H,10,11,12). The Bertz CT molecular complexity index is 287. The highest BCUT2D eigenvalue weighted by Crippen LogP contribution is 2.29. The summed E-state index contributed by atoms with van der Waals surface area (Å²) < 4.78 is 5.43. The third-order valence-electron chi connectivity index (χ3n) is 1.92. The molecule has 0 bridgehead atoms. The summed E-state index contributed by atoms with van der Waals surface area (Å²) in [5, 5.41) is 0. The lowest BCUT2D eigenvalue weighted by Crippen LogP contribution is -2.11. The van der Waals surface area contributed by atoms with Gasteiger partial charge in [0, 0.05) is 12.3 Å². The molecule has 1 fully saturated rings. The molecule has 0 aromatic carbocycles. The number of hydrazine groups is 1. The number of rotatable bonds is 4. The van der Waals surface area contributed by atoms with Crippen LogP contribution >= 0.6 is 0 Å². The number of ether oxygens (including phenoxy) is 1. The lowest BCUT2D eigenvalue weighted by Gasteiger charge is -2.04. The highest BCUT2D eigenvalue weighted by Gasteiger charge is 2.22. The topological polar surface area (TPSA) is 73.1 Å². The lowest BCUT2D eigenvalue weighted by atomic mass is 10.5. The molecule has 0 amide bonds. The van der Waals surface area contributed by atoms with E-state index in [1.54, 1.807) is 12.3 Å². The van der Waals surface area contributed by atoms with Gasteiger partial charge in [0.2, 0.25) is 11.8 Å². The molecular weight excluding hydrogens is 168 g/mol. The molecule has 0 spiro atoms. The van der Waals surface area contributed by atoms with Gasteiger partial charge in [0.05, 0.1) is 6.61 Å². The van der Waals surface area contributed by atoms with Gasteiger partial charge < -0.3 is 4.74 Å². The second-order valence-corrected chi connectivity index (χ2v) is 3.12. The first-order valence-corrected chi connectivity index (χ1v) is 4.31. The van der Waals surface area contributed by atoms with Crippen LogP contribution in [0.4, 0.5) is 5.95 Å². The van der Waals surface area contributed by atoms with E-state index in [0.29, 0.717) is 11.8 Å². The Hall–Kier alpha value is -1.36. The van der Waals surface area contributed by atoms with E-state index in [4.69, 9.17) is 10.6 Å². The van der Waals surface area contributed by atoms with Crippen molar-refractivity contribution in [3.05, 3.63) is 12.3 Å². The molecule has 1 aromatic rings. The van der Waals surface area contributed by atoms with Gasteiger partial charge in [-0.3, -0.25) is 5.43 Å². The van der Waals surface area contributed by atoms with Gasteiger partial charge in [0.15, 0.2) is 0 Å². The van der Waals surface area contributed by atoms with E-state index < -0.39 is 0 Å². The Labute approximate surface area is 76.3 Å². The fourth-order valence-electron chi connectivity index (χ4n) is 0.980. The Kier molecular flexibility index (Phi) is 2.27.